The van der Waals surface area contributed by atoms with Gasteiger partial charge < -0.3 is 15.5 Å². The van der Waals surface area contributed by atoms with Gasteiger partial charge in [0, 0.05) is 26.1 Å². The summed E-state index contributed by atoms with van der Waals surface area (Å²) < 4.78 is 0. The maximum absolute atomic E-state index is 12.4. The predicted molar refractivity (Wildman–Crippen MR) is 92.0 cm³/mol. The molecule has 5 heteroatoms. The lowest BCUT2D eigenvalue weighted by Crippen LogP contribution is -2.47. The third kappa shape index (κ3) is 5.48. The van der Waals surface area contributed by atoms with Crippen LogP contribution in [0.1, 0.15) is 52.9 Å². The third-order valence-corrected chi connectivity index (χ3v) is 5.45. The summed E-state index contributed by atoms with van der Waals surface area (Å²) >= 11 is 0. The zero-order chi connectivity index (χ0) is 16.8. The molecule has 23 heavy (non-hydrogen) atoms. The van der Waals surface area contributed by atoms with E-state index in [1.807, 2.05) is 4.90 Å². The Morgan fingerprint density at radius 2 is 2.00 bits per heavy atom. The minimum absolute atomic E-state index is 0.0109. The molecule has 2 aliphatic heterocycles. The molecule has 0 bridgehead atoms. The van der Waals surface area contributed by atoms with Gasteiger partial charge in [0.05, 0.1) is 6.04 Å². The Morgan fingerprint density at radius 3 is 2.65 bits per heavy atom. The van der Waals surface area contributed by atoms with Crippen LogP contribution in [-0.4, -0.2) is 48.9 Å². The number of carbonyl (C=O) groups excluding carboxylic acids is 2. The SMILES string of the molecule is CC(C)C(C)CC(=O)N1CCCC(CNC(=O)C2CCCN2)C1. The van der Waals surface area contributed by atoms with Crippen LogP contribution in [0.25, 0.3) is 0 Å². The first-order valence-corrected chi connectivity index (χ1v) is 9.26. The summed E-state index contributed by atoms with van der Waals surface area (Å²) in [6.45, 7) is 9.80. The molecule has 2 heterocycles. The third-order valence-electron chi connectivity index (χ3n) is 5.45. The van der Waals surface area contributed by atoms with Crippen molar-refractivity contribution >= 4 is 11.8 Å². The molecule has 2 aliphatic rings. The molecule has 2 N–H and O–H groups in total. The Morgan fingerprint density at radius 1 is 1.22 bits per heavy atom. The highest BCUT2D eigenvalue weighted by Gasteiger charge is 2.27. The molecule has 2 saturated heterocycles. The second-order valence-electron chi connectivity index (χ2n) is 7.67. The van der Waals surface area contributed by atoms with E-state index < -0.39 is 0 Å². The monoisotopic (exact) mass is 323 g/mol. The molecule has 3 unspecified atom stereocenters. The second-order valence-corrected chi connectivity index (χ2v) is 7.67. The van der Waals surface area contributed by atoms with E-state index in [9.17, 15) is 9.59 Å². The summed E-state index contributed by atoms with van der Waals surface area (Å²) in [4.78, 5) is 26.5. The lowest BCUT2D eigenvalue weighted by molar-refractivity contribution is -0.134. The van der Waals surface area contributed by atoms with Crippen LogP contribution < -0.4 is 10.6 Å². The fraction of sp³-hybridized carbons (Fsp3) is 0.889. The Hall–Kier alpha value is -1.10. The van der Waals surface area contributed by atoms with Gasteiger partial charge >= 0.3 is 0 Å². The van der Waals surface area contributed by atoms with Crippen LogP contribution in [0.4, 0.5) is 0 Å². The number of likely N-dealkylation sites (tertiary alicyclic amines) is 1. The van der Waals surface area contributed by atoms with Crippen LogP contribution in [0.5, 0.6) is 0 Å². The first-order valence-electron chi connectivity index (χ1n) is 9.26. The van der Waals surface area contributed by atoms with Crippen LogP contribution in [0.15, 0.2) is 0 Å². The predicted octanol–water partition coefficient (Wildman–Crippen LogP) is 1.78. The first-order chi connectivity index (χ1) is 11.0. The minimum atomic E-state index is -0.0109. The van der Waals surface area contributed by atoms with Crippen molar-refractivity contribution in [1.29, 1.82) is 0 Å². The van der Waals surface area contributed by atoms with Crippen LogP contribution in [-0.2, 0) is 9.59 Å². The molecule has 0 aromatic rings. The summed E-state index contributed by atoms with van der Waals surface area (Å²) in [7, 11) is 0. The van der Waals surface area contributed by atoms with Gasteiger partial charge in [-0.2, -0.15) is 0 Å². The highest BCUT2D eigenvalue weighted by molar-refractivity contribution is 5.82. The number of piperidine rings is 1. The van der Waals surface area contributed by atoms with Crippen LogP contribution in [0.3, 0.4) is 0 Å². The lowest BCUT2D eigenvalue weighted by Gasteiger charge is -2.34. The van der Waals surface area contributed by atoms with Gasteiger partial charge in [0.25, 0.3) is 0 Å². The van der Waals surface area contributed by atoms with E-state index in [1.54, 1.807) is 0 Å². The first kappa shape index (κ1) is 18.2. The Balaban J connectivity index is 1.74. The molecule has 2 rings (SSSR count). The van der Waals surface area contributed by atoms with Crippen molar-refractivity contribution in [3.05, 3.63) is 0 Å². The molecule has 3 atom stereocenters. The van der Waals surface area contributed by atoms with E-state index in [0.717, 1.165) is 45.3 Å². The normalized spacial score (nSPS) is 26.3. The standard InChI is InChI=1S/C18H33N3O2/c1-13(2)14(3)10-17(22)21-9-5-6-15(12-21)11-20-18(23)16-7-4-8-19-16/h13-16,19H,4-12H2,1-3H3,(H,20,23). The van der Waals surface area contributed by atoms with E-state index in [1.165, 1.54) is 0 Å². The maximum atomic E-state index is 12.4. The number of hydrogen-bond donors (Lipinski definition) is 2. The second kappa shape index (κ2) is 8.67. The average Bonchev–Trinajstić information content (AvgIpc) is 3.07. The van der Waals surface area contributed by atoms with E-state index in [-0.39, 0.29) is 17.9 Å². The van der Waals surface area contributed by atoms with E-state index in [2.05, 4.69) is 31.4 Å². The molecular weight excluding hydrogens is 290 g/mol. The van der Waals surface area contributed by atoms with E-state index >= 15 is 0 Å². The molecule has 0 aromatic carbocycles. The van der Waals surface area contributed by atoms with Gasteiger partial charge in [-0.1, -0.05) is 20.8 Å². The number of nitrogens with zero attached hydrogens (tertiary/aromatic N) is 1. The molecule has 0 radical (unpaired) electrons. The van der Waals surface area contributed by atoms with Gasteiger partial charge in [0.2, 0.25) is 11.8 Å². The Labute approximate surface area is 140 Å². The summed E-state index contributed by atoms with van der Waals surface area (Å²) in [5.74, 6) is 1.76. The smallest absolute Gasteiger partial charge is 0.237 e. The molecule has 132 valence electrons. The topological polar surface area (TPSA) is 61.4 Å². The molecule has 0 spiro atoms. The van der Waals surface area contributed by atoms with Gasteiger partial charge in [-0.3, -0.25) is 9.59 Å². The summed E-state index contributed by atoms with van der Waals surface area (Å²) in [6.07, 6.45) is 4.81. The van der Waals surface area contributed by atoms with Crippen LogP contribution in [0, 0.1) is 17.8 Å². The summed E-state index contributed by atoms with van der Waals surface area (Å²) in [6, 6.07) is -0.0109. The molecule has 2 amide bonds. The van der Waals surface area contributed by atoms with Gasteiger partial charge in [-0.15, -0.1) is 0 Å². The molecule has 0 aromatic heterocycles. The highest BCUT2D eigenvalue weighted by Crippen LogP contribution is 2.20. The largest absolute Gasteiger partial charge is 0.354 e. The Kier molecular flexibility index (Phi) is 6.88. The van der Waals surface area contributed by atoms with E-state index in [0.29, 0.717) is 30.7 Å². The van der Waals surface area contributed by atoms with Crippen molar-refractivity contribution in [3.63, 3.8) is 0 Å². The Bertz CT molecular complexity index is 405. The van der Waals surface area contributed by atoms with Crippen molar-refractivity contribution < 1.29 is 9.59 Å². The fourth-order valence-corrected chi connectivity index (χ4v) is 3.37. The van der Waals surface area contributed by atoms with Crippen LogP contribution >= 0.6 is 0 Å². The number of carbonyl (C=O) groups is 2. The maximum Gasteiger partial charge on any atom is 0.237 e. The van der Waals surface area contributed by atoms with Crippen molar-refractivity contribution in [1.82, 2.24) is 15.5 Å². The zero-order valence-corrected chi connectivity index (χ0v) is 14.9. The van der Waals surface area contributed by atoms with Crippen LogP contribution in [0.2, 0.25) is 0 Å². The number of nitrogens with one attached hydrogen (secondary N) is 2. The van der Waals surface area contributed by atoms with Gasteiger partial charge in [-0.05, 0) is 50.0 Å². The van der Waals surface area contributed by atoms with Crippen molar-refractivity contribution in [2.75, 3.05) is 26.2 Å². The molecular formula is C18H33N3O2. The lowest BCUT2D eigenvalue weighted by atomic mass is 9.92. The number of hydrogen-bond acceptors (Lipinski definition) is 3. The highest BCUT2D eigenvalue weighted by atomic mass is 16.2. The van der Waals surface area contributed by atoms with Crippen molar-refractivity contribution in [2.24, 2.45) is 17.8 Å². The molecule has 2 fully saturated rings. The molecule has 0 saturated carbocycles. The fourth-order valence-electron chi connectivity index (χ4n) is 3.37. The zero-order valence-electron chi connectivity index (χ0n) is 14.9. The van der Waals surface area contributed by atoms with Gasteiger partial charge in [0.1, 0.15) is 0 Å². The van der Waals surface area contributed by atoms with E-state index in [4.69, 9.17) is 0 Å². The molecule has 0 aliphatic carbocycles. The molecule has 5 nitrogen and oxygen atoms in total. The number of rotatable bonds is 6. The summed E-state index contributed by atoms with van der Waals surface area (Å²) in [5, 5.41) is 6.30. The average molecular weight is 323 g/mol. The summed E-state index contributed by atoms with van der Waals surface area (Å²) in [5.41, 5.74) is 0. The van der Waals surface area contributed by atoms with Gasteiger partial charge in [-0.25, -0.2) is 0 Å². The minimum Gasteiger partial charge on any atom is -0.354 e. The number of amides is 2. The van der Waals surface area contributed by atoms with Crippen molar-refractivity contribution in [2.45, 2.75) is 58.9 Å². The van der Waals surface area contributed by atoms with Gasteiger partial charge in [0.15, 0.2) is 0 Å². The quantitative estimate of drug-likeness (QED) is 0.783. The van der Waals surface area contributed by atoms with Crippen molar-refractivity contribution in [3.8, 4) is 0 Å².